The van der Waals surface area contributed by atoms with E-state index in [-0.39, 0.29) is 17.7 Å². The van der Waals surface area contributed by atoms with Gasteiger partial charge < -0.3 is 19.5 Å². The topological polar surface area (TPSA) is 56.8 Å². The maximum Gasteiger partial charge on any atom is 0.252 e. The number of halogens is 1. The van der Waals surface area contributed by atoms with E-state index in [1.54, 1.807) is 25.1 Å². The molecule has 0 aliphatic rings. The van der Waals surface area contributed by atoms with Crippen molar-refractivity contribution in [2.45, 2.75) is 19.9 Å². The zero-order valence-corrected chi connectivity index (χ0v) is 15.0. The van der Waals surface area contributed by atoms with Crippen LogP contribution in [0.3, 0.4) is 0 Å². The third-order valence-corrected chi connectivity index (χ3v) is 4.04. The minimum absolute atomic E-state index is 0.162. The van der Waals surface area contributed by atoms with Gasteiger partial charge in [-0.1, -0.05) is 6.07 Å². The first-order chi connectivity index (χ1) is 11.9. The third-order valence-electron chi connectivity index (χ3n) is 4.04. The van der Waals surface area contributed by atoms with E-state index in [1.807, 2.05) is 6.92 Å². The van der Waals surface area contributed by atoms with Gasteiger partial charge in [-0.3, -0.25) is 4.79 Å². The third kappa shape index (κ3) is 4.02. The molecule has 1 amide bonds. The van der Waals surface area contributed by atoms with Crippen LogP contribution in [0.1, 0.15) is 34.5 Å². The van der Waals surface area contributed by atoms with Crippen LogP contribution in [0.2, 0.25) is 0 Å². The lowest BCUT2D eigenvalue weighted by Crippen LogP contribution is -2.26. The summed E-state index contributed by atoms with van der Waals surface area (Å²) in [6.07, 6.45) is 0. The number of rotatable bonds is 6. The standard InChI is InChI=1S/C19H22FNO4/c1-11-17(24-4)9-14(10-18(11)25-5)19(22)21-12(2)13-6-7-16(23-3)15(20)8-13/h6-10,12H,1-5H3,(H,21,22). The van der Waals surface area contributed by atoms with Crippen molar-refractivity contribution < 1.29 is 23.4 Å². The normalized spacial score (nSPS) is 11.6. The fraction of sp³-hybridized carbons (Fsp3) is 0.316. The maximum atomic E-state index is 13.8. The largest absolute Gasteiger partial charge is 0.496 e. The van der Waals surface area contributed by atoms with Crippen LogP contribution in [0.5, 0.6) is 17.2 Å². The van der Waals surface area contributed by atoms with Crippen LogP contribution < -0.4 is 19.5 Å². The second-order valence-electron chi connectivity index (χ2n) is 5.59. The molecule has 0 saturated heterocycles. The molecular weight excluding hydrogens is 325 g/mol. The molecule has 5 nitrogen and oxygen atoms in total. The van der Waals surface area contributed by atoms with Crippen molar-refractivity contribution in [3.8, 4) is 17.2 Å². The number of hydrogen-bond acceptors (Lipinski definition) is 4. The predicted octanol–water partition coefficient (Wildman–Crippen LogP) is 3.65. The highest BCUT2D eigenvalue weighted by atomic mass is 19.1. The lowest BCUT2D eigenvalue weighted by Gasteiger charge is -2.17. The molecular formula is C19H22FNO4. The summed E-state index contributed by atoms with van der Waals surface area (Å²) in [5.74, 6) is 0.510. The van der Waals surface area contributed by atoms with Gasteiger partial charge in [-0.05, 0) is 43.7 Å². The van der Waals surface area contributed by atoms with Crippen molar-refractivity contribution in [2.75, 3.05) is 21.3 Å². The molecule has 0 bridgehead atoms. The van der Waals surface area contributed by atoms with Crippen molar-refractivity contribution in [1.82, 2.24) is 5.32 Å². The summed E-state index contributed by atoms with van der Waals surface area (Å²) >= 11 is 0. The number of benzene rings is 2. The van der Waals surface area contributed by atoms with Gasteiger partial charge in [0.1, 0.15) is 11.5 Å². The molecule has 0 heterocycles. The molecule has 6 heteroatoms. The molecule has 0 aromatic heterocycles. The Labute approximate surface area is 146 Å². The van der Waals surface area contributed by atoms with Crippen LogP contribution in [0.25, 0.3) is 0 Å². The number of methoxy groups -OCH3 is 3. The summed E-state index contributed by atoms with van der Waals surface area (Å²) in [5.41, 5.74) is 1.85. The second-order valence-corrected chi connectivity index (χ2v) is 5.59. The number of nitrogens with one attached hydrogen (secondary N) is 1. The van der Waals surface area contributed by atoms with E-state index in [1.165, 1.54) is 33.5 Å². The first-order valence-corrected chi connectivity index (χ1v) is 7.78. The van der Waals surface area contributed by atoms with E-state index in [4.69, 9.17) is 14.2 Å². The van der Waals surface area contributed by atoms with Crippen LogP contribution in [0.15, 0.2) is 30.3 Å². The van der Waals surface area contributed by atoms with E-state index in [0.29, 0.717) is 22.6 Å². The molecule has 0 spiro atoms. The van der Waals surface area contributed by atoms with Gasteiger partial charge in [-0.25, -0.2) is 4.39 Å². The van der Waals surface area contributed by atoms with Gasteiger partial charge in [0.15, 0.2) is 11.6 Å². The highest BCUT2D eigenvalue weighted by molar-refractivity contribution is 5.95. The average molecular weight is 347 g/mol. The molecule has 1 N–H and O–H groups in total. The van der Waals surface area contributed by atoms with Gasteiger partial charge >= 0.3 is 0 Å². The summed E-state index contributed by atoms with van der Waals surface area (Å²) in [6.45, 7) is 3.63. The van der Waals surface area contributed by atoms with Crippen LogP contribution in [0, 0.1) is 12.7 Å². The minimum atomic E-state index is -0.472. The molecule has 134 valence electrons. The maximum absolute atomic E-state index is 13.8. The predicted molar refractivity (Wildman–Crippen MR) is 93.1 cm³/mol. The van der Waals surface area contributed by atoms with Gasteiger partial charge in [0, 0.05) is 11.1 Å². The molecule has 0 radical (unpaired) electrons. The lowest BCUT2D eigenvalue weighted by molar-refractivity contribution is 0.0939. The Balaban J connectivity index is 2.23. The first kappa shape index (κ1) is 18.6. The van der Waals surface area contributed by atoms with Crippen molar-refractivity contribution in [1.29, 1.82) is 0 Å². The minimum Gasteiger partial charge on any atom is -0.496 e. The molecule has 1 atom stereocenters. The number of carbonyl (C=O) groups excluding carboxylic acids is 1. The van der Waals surface area contributed by atoms with E-state index < -0.39 is 5.82 Å². The van der Waals surface area contributed by atoms with Gasteiger partial charge in [0.05, 0.1) is 27.4 Å². The highest BCUT2D eigenvalue weighted by Gasteiger charge is 2.17. The smallest absolute Gasteiger partial charge is 0.252 e. The number of amides is 1. The van der Waals surface area contributed by atoms with Gasteiger partial charge in [0.2, 0.25) is 0 Å². The number of hydrogen-bond donors (Lipinski definition) is 1. The zero-order valence-electron chi connectivity index (χ0n) is 15.0. The van der Waals surface area contributed by atoms with Crippen LogP contribution in [-0.2, 0) is 0 Å². The summed E-state index contributed by atoms with van der Waals surface area (Å²) in [4.78, 5) is 12.5. The van der Waals surface area contributed by atoms with Gasteiger partial charge in [-0.2, -0.15) is 0 Å². The van der Waals surface area contributed by atoms with Crippen LogP contribution in [-0.4, -0.2) is 27.2 Å². The fourth-order valence-electron chi connectivity index (χ4n) is 2.53. The molecule has 2 aromatic carbocycles. The Hall–Kier alpha value is -2.76. The monoisotopic (exact) mass is 347 g/mol. The molecule has 25 heavy (non-hydrogen) atoms. The molecule has 0 aliphatic heterocycles. The second kappa shape index (κ2) is 7.88. The first-order valence-electron chi connectivity index (χ1n) is 7.78. The quantitative estimate of drug-likeness (QED) is 0.867. The van der Waals surface area contributed by atoms with Crippen LogP contribution in [0.4, 0.5) is 4.39 Å². The molecule has 2 rings (SSSR count). The van der Waals surface area contributed by atoms with Gasteiger partial charge in [-0.15, -0.1) is 0 Å². The fourth-order valence-corrected chi connectivity index (χ4v) is 2.53. The summed E-state index contributed by atoms with van der Waals surface area (Å²) < 4.78 is 29.3. The van der Waals surface area contributed by atoms with Crippen molar-refractivity contribution >= 4 is 5.91 Å². The zero-order chi connectivity index (χ0) is 18.6. The van der Waals surface area contributed by atoms with Crippen molar-refractivity contribution in [3.63, 3.8) is 0 Å². The van der Waals surface area contributed by atoms with Crippen molar-refractivity contribution in [2.24, 2.45) is 0 Å². The summed E-state index contributed by atoms with van der Waals surface area (Å²) in [7, 11) is 4.47. The van der Waals surface area contributed by atoms with E-state index >= 15 is 0 Å². The Bertz CT molecular complexity index is 751. The van der Waals surface area contributed by atoms with Gasteiger partial charge in [0.25, 0.3) is 5.91 Å². The Morgan fingerprint density at radius 2 is 1.56 bits per heavy atom. The lowest BCUT2D eigenvalue weighted by atomic mass is 10.1. The Morgan fingerprint density at radius 1 is 1.00 bits per heavy atom. The molecule has 0 aliphatic carbocycles. The van der Waals surface area contributed by atoms with E-state index in [9.17, 15) is 9.18 Å². The van der Waals surface area contributed by atoms with E-state index in [2.05, 4.69) is 5.32 Å². The summed E-state index contributed by atoms with van der Waals surface area (Å²) in [5, 5.41) is 2.84. The SMILES string of the molecule is COc1ccc(C(C)NC(=O)c2cc(OC)c(C)c(OC)c2)cc1F. The highest BCUT2D eigenvalue weighted by Crippen LogP contribution is 2.30. The Kier molecular flexibility index (Phi) is 5.85. The van der Waals surface area contributed by atoms with E-state index in [0.717, 1.165) is 5.56 Å². The molecule has 0 saturated carbocycles. The summed E-state index contributed by atoms with van der Waals surface area (Å²) in [6, 6.07) is 7.50. The van der Waals surface area contributed by atoms with Crippen LogP contribution >= 0.6 is 0 Å². The Morgan fingerprint density at radius 3 is 2.04 bits per heavy atom. The number of ether oxygens (including phenoxy) is 3. The van der Waals surface area contributed by atoms with Crippen molar-refractivity contribution in [3.05, 3.63) is 52.8 Å². The molecule has 0 fully saturated rings. The molecule has 2 aromatic rings. The average Bonchev–Trinajstić information content (AvgIpc) is 2.61. The number of carbonyl (C=O) groups is 1. The molecule has 1 unspecified atom stereocenters.